The Hall–Kier alpha value is -2.08. The molecule has 2 aromatic rings. The van der Waals surface area contributed by atoms with E-state index in [1.807, 2.05) is 41.5 Å². The van der Waals surface area contributed by atoms with Crippen molar-refractivity contribution in [3.63, 3.8) is 0 Å². The first-order valence-corrected chi connectivity index (χ1v) is 8.50. The van der Waals surface area contributed by atoms with Gasteiger partial charge >= 0.3 is 0 Å². The predicted octanol–water partition coefficient (Wildman–Crippen LogP) is 7.71. The maximum Gasteiger partial charge on any atom is -0.00258 e. The molecular formula is C23H36. The van der Waals surface area contributed by atoms with Gasteiger partial charge in [-0.15, -0.1) is 13.2 Å². The SMILES string of the molecule is C=CC.C=CC.CC.CC.c1ccc(Cc2ccccc2)cc1. The van der Waals surface area contributed by atoms with Gasteiger partial charge in [0.15, 0.2) is 0 Å². The van der Waals surface area contributed by atoms with Crippen molar-refractivity contribution < 1.29 is 0 Å². The van der Waals surface area contributed by atoms with E-state index >= 15 is 0 Å². The number of benzene rings is 2. The summed E-state index contributed by atoms with van der Waals surface area (Å²) < 4.78 is 0. The van der Waals surface area contributed by atoms with Gasteiger partial charge in [-0.05, 0) is 31.4 Å². The zero-order chi connectivity index (χ0) is 18.3. The Kier molecular flexibility index (Phi) is 28.0. The van der Waals surface area contributed by atoms with Crippen molar-refractivity contribution in [1.82, 2.24) is 0 Å². The minimum Gasteiger partial charge on any atom is -0.103 e. The predicted molar refractivity (Wildman–Crippen MR) is 110 cm³/mol. The van der Waals surface area contributed by atoms with Gasteiger partial charge in [-0.3, -0.25) is 0 Å². The van der Waals surface area contributed by atoms with E-state index in [0.29, 0.717) is 0 Å². The molecule has 0 unspecified atom stereocenters. The van der Waals surface area contributed by atoms with Crippen molar-refractivity contribution >= 4 is 0 Å². The number of hydrogen-bond acceptors (Lipinski definition) is 0. The molecule has 0 saturated carbocycles. The molecule has 0 aromatic heterocycles. The Morgan fingerprint density at radius 2 is 0.826 bits per heavy atom. The second-order valence-electron chi connectivity index (χ2n) is 3.96. The van der Waals surface area contributed by atoms with Crippen LogP contribution in [-0.2, 0) is 6.42 Å². The molecule has 128 valence electrons. The molecule has 0 aliphatic heterocycles. The first-order chi connectivity index (χ1) is 11.3. The number of allylic oxidation sites excluding steroid dienone is 2. The van der Waals surface area contributed by atoms with Crippen LogP contribution in [0.15, 0.2) is 86.0 Å². The standard InChI is InChI=1S/C13H12.2C3H6.2C2H6/c1-3-7-12(8-4-1)11-13-9-5-2-6-10-13;2*1-3-2;2*1-2/h1-10H,11H2;2*3H,1H2,2H3;2*1-2H3. The Labute approximate surface area is 145 Å². The van der Waals surface area contributed by atoms with Crippen LogP contribution in [0, 0.1) is 0 Å². The average molecular weight is 313 g/mol. The second-order valence-corrected chi connectivity index (χ2v) is 3.96. The number of rotatable bonds is 2. The molecule has 0 heteroatoms. The second kappa shape index (κ2) is 24.9. The van der Waals surface area contributed by atoms with Crippen LogP contribution < -0.4 is 0 Å². The van der Waals surface area contributed by atoms with Crippen molar-refractivity contribution in [2.45, 2.75) is 48.0 Å². The molecule has 0 spiro atoms. The lowest BCUT2D eigenvalue weighted by Gasteiger charge is -2.00. The lowest BCUT2D eigenvalue weighted by molar-refractivity contribution is 1.19. The molecule has 0 heterocycles. The van der Waals surface area contributed by atoms with Gasteiger partial charge in [0.1, 0.15) is 0 Å². The number of hydrogen-bond donors (Lipinski definition) is 0. The topological polar surface area (TPSA) is 0 Å². The third-order valence-corrected chi connectivity index (χ3v) is 2.09. The summed E-state index contributed by atoms with van der Waals surface area (Å²) >= 11 is 0. The molecule has 0 amide bonds. The van der Waals surface area contributed by atoms with Crippen molar-refractivity contribution in [2.24, 2.45) is 0 Å². The molecule has 0 radical (unpaired) electrons. The van der Waals surface area contributed by atoms with Crippen LogP contribution in [-0.4, -0.2) is 0 Å². The summed E-state index contributed by atoms with van der Waals surface area (Å²) in [6, 6.07) is 21.1. The van der Waals surface area contributed by atoms with Gasteiger partial charge in [-0.2, -0.15) is 0 Å². The van der Waals surface area contributed by atoms with Crippen LogP contribution in [0.4, 0.5) is 0 Å². The van der Waals surface area contributed by atoms with Crippen LogP contribution in [0.1, 0.15) is 52.7 Å². The van der Waals surface area contributed by atoms with Crippen LogP contribution in [0.2, 0.25) is 0 Å². The van der Waals surface area contributed by atoms with Crippen molar-refractivity contribution in [3.05, 3.63) is 97.1 Å². The van der Waals surface area contributed by atoms with Crippen LogP contribution in [0.3, 0.4) is 0 Å². The van der Waals surface area contributed by atoms with E-state index in [0.717, 1.165) is 6.42 Å². The third-order valence-electron chi connectivity index (χ3n) is 2.09. The first-order valence-electron chi connectivity index (χ1n) is 8.50. The van der Waals surface area contributed by atoms with Crippen molar-refractivity contribution in [3.8, 4) is 0 Å². The molecule has 0 atom stereocenters. The summed E-state index contributed by atoms with van der Waals surface area (Å²) in [5.41, 5.74) is 2.74. The molecule has 2 aromatic carbocycles. The van der Waals surface area contributed by atoms with Gasteiger partial charge < -0.3 is 0 Å². The molecule has 0 fully saturated rings. The lowest BCUT2D eigenvalue weighted by atomic mass is 10.1. The fourth-order valence-electron chi connectivity index (χ4n) is 1.43. The summed E-state index contributed by atoms with van der Waals surface area (Å²) in [4.78, 5) is 0. The van der Waals surface area contributed by atoms with E-state index in [-0.39, 0.29) is 0 Å². The van der Waals surface area contributed by atoms with Gasteiger partial charge in [0.25, 0.3) is 0 Å². The summed E-state index contributed by atoms with van der Waals surface area (Å²) in [6.45, 7) is 18.5. The highest BCUT2D eigenvalue weighted by molar-refractivity contribution is 5.25. The average Bonchev–Trinajstić information content (AvgIpc) is 2.62. The Bertz CT molecular complexity index is 383. The molecule has 0 N–H and O–H groups in total. The highest BCUT2D eigenvalue weighted by Crippen LogP contribution is 2.07. The molecule has 0 aliphatic rings. The normalized spacial score (nSPS) is 7.22. The first kappa shape index (κ1) is 25.9. The maximum absolute atomic E-state index is 3.36. The quantitative estimate of drug-likeness (QED) is 0.498. The van der Waals surface area contributed by atoms with Gasteiger partial charge in [0.2, 0.25) is 0 Å². The van der Waals surface area contributed by atoms with Crippen LogP contribution in [0.5, 0.6) is 0 Å². The maximum atomic E-state index is 3.36. The van der Waals surface area contributed by atoms with Gasteiger partial charge in [-0.1, -0.05) is 101 Å². The molecular weight excluding hydrogens is 276 g/mol. The van der Waals surface area contributed by atoms with E-state index in [1.54, 1.807) is 12.2 Å². The largest absolute Gasteiger partial charge is 0.103 e. The van der Waals surface area contributed by atoms with E-state index in [2.05, 4.69) is 73.8 Å². The highest BCUT2D eigenvalue weighted by Gasteiger charge is 1.92. The van der Waals surface area contributed by atoms with Crippen LogP contribution >= 0.6 is 0 Å². The summed E-state index contributed by atoms with van der Waals surface area (Å²) in [6.07, 6.45) is 4.53. The van der Waals surface area contributed by atoms with Crippen LogP contribution in [0.25, 0.3) is 0 Å². The zero-order valence-electron chi connectivity index (χ0n) is 16.0. The lowest BCUT2D eigenvalue weighted by Crippen LogP contribution is -1.85. The zero-order valence-corrected chi connectivity index (χ0v) is 16.0. The Morgan fingerprint density at radius 1 is 0.609 bits per heavy atom. The van der Waals surface area contributed by atoms with Gasteiger partial charge in [-0.25, -0.2) is 0 Å². The monoisotopic (exact) mass is 312 g/mol. The summed E-state index contributed by atoms with van der Waals surface area (Å²) in [5, 5.41) is 0. The minimum atomic E-state index is 1.03. The minimum absolute atomic E-state index is 1.03. The van der Waals surface area contributed by atoms with E-state index in [9.17, 15) is 0 Å². The third kappa shape index (κ3) is 19.9. The fourth-order valence-corrected chi connectivity index (χ4v) is 1.43. The Morgan fingerprint density at radius 3 is 1.04 bits per heavy atom. The van der Waals surface area contributed by atoms with Crippen molar-refractivity contribution in [1.29, 1.82) is 0 Å². The molecule has 2 rings (SSSR count). The smallest absolute Gasteiger partial charge is 0.00258 e. The Balaban J connectivity index is -0.000000339. The molecule has 0 saturated heterocycles. The van der Waals surface area contributed by atoms with Crippen molar-refractivity contribution in [2.75, 3.05) is 0 Å². The van der Waals surface area contributed by atoms with E-state index < -0.39 is 0 Å². The highest BCUT2D eigenvalue weighted by atomic mass is 14.0. The molecule has 0 bridgehead atoms. The van der Waals surface area contributed by atoms with Gasteiger partial charge in [0, 0.05) is 0 Å². The molecule has 0 aliphatic carbocycles. The summed E-state index contributed by atoms with van der Waals surface area (Å²) in [7, 11) is 0. The van der Waals surface area contributed by atoms with Gasteiger partial charge in [0.05, 0.1) is 0 Å². The van der Waals surface area contributed by atoms with E-state index in [1.165, 1.54) is 11.1 Å². The van der Waals surface area contributed by atoms with E-state index in [4.69, 9.17) is 0 Å². The molecule has 23 heavy (non-hydrogen) atoms. The summed E-state index contributed by atoms with van der Waals surface area (Å²) in [5.74, 6) is 0. The molecule has 0 nitrogen and oxygen atoms in total. The fraction of sp³-hybridized carbons (Fsp3) is 0.304.